The first-order chi connectivity index (χ1) is 23.2. The number of rotatable bonds is 16. The lowest BCUT2D eigenvalue weighted by atomic mass is 9.95. The first-order valence-electron chi connectivity index (χ1n) is 15.3. The van der Waals surface area contributed by atoms with Gasteiger partial charge < -0.3 is 29.0 Å². The van der Waals surface area contributed by atoms with Gasteiger partial charge in [-0.3, -0.25) is 4.79 Å². The van der Waals surface area contributed by atoms with Crippen LogP contribution in [0.25, 0.3) is 22.3 Å². The van der Waals surface area contributed by atoms with Crippen LogP contribution in [0.1, 0.15) is 38.1 Å². The predicted octanol–water partition coefficient (Wildman–Crippen LogP) is 6.46. The van der Waals surface area contributed by atoms with Crippen LogP contribution in [0.4, 0.5) is 0 Å². The van der Waals surface area contributed by atoms with E-state index in [4.69, 9.17) is 18.9 Å². The fraction of sp³-hybridized carbons (Fsp3) is 0.231. The zero-order chi connectivity index (χ0) is 36.2. The summed E-state index contributed by atoms with van der Waals surface area (Å²) in [5.41, 5.74) is 4.30. The third-order valence-corrected chi connectivity index (χ3v) is 6.96. The minimum Gasteiger partial charge on any atom is -0.461 e. The van der Waals surface area contributed by atoms with E-state index in [-0.39, 0.29) is 43.0 Å². The predicted molar refractivity (Wildman–Crippen MR) is 187 cm³/mol. The molecule has 0 radical (unpaired) electrons. The van der Waals surface area contributed by atoms with Crippen molar-refractivity contribution in [1.29, 1.82) is 0 Å². The molecule has 0 saturated heterocycles. The molecule has 0 aliphatic carbocycles. The molecular formula is C39H41NO9. The Hall–Kier alpha value is -5.74. The van der Waals surface area contributed by atoms with Crippen LogP contribution in [0.3, 0.4) is 0 Å². The molecule has 1 N–H and O–H groups in total. The Morgan fingerprint density at radius 1 is 0.633 bits per heavy atom. The average molecular weight is 668 g/mol. The number of aliphatic hydroxyl groups is 1. The smallest absolute Gasteiger partial charge is 0.338 e. The summed E-state index contributed by atoms with van der Waals surface area (Å²) in [5.74, 6) is -1.38. The summed E-state index contributed by atoms with van der Waals surface area (Å²) in [6.07, 6.45) is -1.16. The molecule has 0 aliphatic heterocycles. The fourth-order valence-electron chi connectivity index (χ4n) is 4.19. The second kappa shape index (κ2) is 17.4. The molecular weight excluding hydrogens is 626 g/mol. The van der Waals surface area contributed by atoms with Crippen molar-refractivity contribution in [2.45, 2.75) is 34.0 Å². The van der Waals surface area contributed by atoms with Crippen LogP contribution < -0.4 is 9.47 Å². The van der Waals surface area contributed by atoms with Crippen LogP contribution in [-0.2, 0) is 23.9 Å². The molecule has 3 aromatic rings. The van der Waals surface area contributed by atoms with Crippen LogP contribution >= 0.6 is 0 Å². The molecule has 1 atom stereocenters. The van der Waals surface area contributed by atoms with E-state index < -0.39 is 30.1 Å². The molecule has 256 valence electrons. The summed E-state index contributed by atoms with van der Waals surface area (Å²) in [4.78, 5) is 51.6. The van der Waals surface area contributed by atoms with E-state index in [1.54, 1.807) is 74.5 Å². The quantitative estimate of drug-likeness (QED) is 0.0602. The van der Waals surface area contributed by atoms with Crippen molar-refractivity contribution < 1.29 is 43.2 Å². The second-order valence-corrected chi connectivity index (χ2v) is 11.5. The van der Waals surface area contributed by atoms with Crippen molar-refractivity contribution in [3.8, 4) is 33.8 Å². The molecule has 49 heavy (non-hydrogen) atoms. The van der Waals surface area contributed by atoms with E-state index in [0.29, 0.717) is 33.8 Å². The standard InChI is InChI=1S/C39H41NO9/c1-24(2)36(42)46-19-17-40(18-20-47-37(43)25(3)4)35(41)32-22-30(28-9-13-33(14-10-28)48-38(44)26(5)6)21-31(23-32)29-11-15-34(16-12-29)49-39(45)27(7)8/h9-16,21-23,38,44H,1,3,5,7,17-20H2,2,4,6,8H3. The van der Waals surface area contributed by atoms with E-state index >= 15 is 0 Å². The van der Waals surface area contributed by atoms with Gasteiger partial charge in [0.15, 0.2) is 0 Å². The van der Waals surface area contributed by atoms with Crippen LogP contribution in [-0.4, -0.2) is 66.4 Å². The number of carbonyl (C=O) groups is 4. The van der Waals surface area contributed by atoms with E-state index in [1.165, 1.54) is 18.7 Å². The molecule has 0 aliphatic rings. The highest BCUT2D eigenvalue weighted by atomic mass is 16.6. The van der Waals surface area contributed by atoms with Gasteiger partial charge in [0, 0.05) is 22.3 Å². The maximum absolute atomic E-state index is 14.1. The lowest BCUT2D eigenvalue weighted by molar-refractivity contribution is -0.139. The Kier molecular flexibility index (Phi) is 13.4. The molecule has 1 unspecified atom stereocenters. The Balaban J connectivity index is 2.03. The van der Waals surface area contributed by atoms with E-state index in [9.17, 15) is 24.3 Å². The first-order valence-corrected chi connectivity index (χ1v) is 15.3. The highest BCUT2D eigenvalue weighted by Gasteiger charge is 2.20. The SMILES string of the molecule is C=C(C)C(=O)OCCN(CCOC(=O)C(=C)C)C(=O)c1cc(-c2ccc(OC(=O)C(=C)C)cc2)cc(-c2ccc(OC(O)C(=C)C)cc2)c1. The summed E-state index contributed by atoms with van der Waals surface area (Å²) in [7, 11) is 0. The molecule has 3 rings (SSSR count). The maximum atomic E-state index is 14.1. The largest absolute Gasteiger partial charge is 0.461 e. The second-order valence-electron chi connectivity index (χ2n) is 11.5. The van der Waals surface area contributed by atoms with Crippen molar-refractivity contribution in [2.75, 3.05) is 26.3 Å². The van der Waals surface area contributed by atoms with Gasteiger partial charge in [-0.2, -0.15) is 0 Å². The first kappa shape index (κ1) is 37.7. The van der Waals surface area contributed by atoms with Gasteiger partial charge in [-0.15, -0.1) is 0 Å². The van der Waals surface area contributed by atoms with Crippen LogP contribution in [0, 0.1) is 0 Å². The minimum atomic E-state index is -1.16. The molecule has 0 bridgehead atoms. The van der Waals surface area contributed by atoms with Gasteiger partial charge in [-0.05, 0) is 98.0 Å². The van der Waals surface area contributed by atoms with Gasteiger partial charge in [0.25, 0.3) is 5.91 Å². The zero-order valence-electron chi connectivity index (χ0n) is 28.2. The van der Waals surface area contributed by atoms with Gasteiger partial charge in [0.05, 0.1) is 13.1 Å². The van der Waals surface area contributed by atoms with Gasteiger partial charge in [0.2, 0.25) is 6.29 Å². The van der Waals surface area contributed by atoms with E-state index in [1.807, 2.05) is 6.07 Å². The molecule has 1 amide bonds. The molecule has 3 aromatic carbocycles. The lowest BCUT2D eigenvalue weighted by Crippen LogP contribution is -2.37. The number of nitrogens with zero attached hydrogens (tertiary/aromatic N) is 1. The van der Waals surface area contributed by atoms with Crippen LogP contribution in [0.5, 0.6) is 11.5 Å². The lowest BCUT2D eigenvalue weighted by Gasteiger charge is -2.23. The summed E-state index contributed by atoms with van der Waals surface area (Å²) >= 11 is 0. The minimum absolute atomic E-state index is 0.0158. The summed E-state index contributed by atoms with van der Waals surface area (Å²) < 4.78 is 21.3. The van der Waals surface area contributed by atoms with Crippen molar-refractivity contribution in [3.63, 3.8) is 0 Å². The zero-order valence-corrected chi connectivity index (χ0v) is 28.2. The van der Waals surface area contributed by atoms with Crippen molar-refractivity contribution in [3.05, 3.63) is 121 Å². The average Bonchev–Trinajstić information content (AvgIpc) is 3.07. The Morgan fingerprint density at radius 2 is 1.06 bits per heavy atom. The molecule has 0 aromatic heterocycles. The van der Waals surface area contributed by atoms with Gasteiger partial charge in [-0.1, -0.05) is 50.6 Å². The third kappa shape index (κ3) is 11.2. The Bertz CT molecular complexity index is 1720. The van der Waals surface area contributed by atoms with Crippen molar-refractivity contribution >= 4 is 23.8 Å². The normalized spacial score (nSPS) is 11.0. The highest BCUT2D eigenvalue weighted by molar-refractivity contribution is 5.97. The molecule has 0 fully saturated rings. The molecule has 0 spiro atoms. The number of ether oxygens (including phenoxy) is 4. The summed E-state index contributed by atoms with van der Waals surface area (Å²) in [5, 5.41) is 10.1. The van der Waals surface area contributed by atoms with E-state index in [2.05, 4.69) is 26.3 Å². The number of aliphatic hydroxyl groups excluding tert-OH is 1. The Labute approximate surface area is 286 Å². The van der Waals surface area contributed by atoms with Gasteiger partial charge in [-0.25, -0.2) is 14.4 Å². The summed E-state index contributed by atoms with van der Waals surface area (Å²) in [6.45, 7) is 20.5. The number of esters is 3. The fourth-order valence-corrected chi connectivity index (χ4v) is 4.19. The van der Waals surface area contributed by atoms with Gasteiger partial charge in [0.1, 0.15) is 24.7 Å². The third-order valence-electron chi connectivity index (χ3n) is 6.96. The number of carbonyl (C=O) groups excluding carboxylic acids is 4. The monoisotopic (exact) mass is 667 g/mol. The van der Waals surface area contributed by atoms with Gasteiger partial charge >= 0.3 is 17.9 Å². The molecule has 10 nitrogen and oxygen atoms in total. The molecule has 0 saturated carbocycles. The van der Waals surface area contributed by atoms with Crippen LogP contribution in [0.15, 0.2) is 115 Å². The van der Waals surface area contributed by atoms with E-state index in [0.717, 1.165) is 11.1 Å². The topological polar surface area (TPSA) is 129 Å². The van der Waals surface area contributed by atoms with Crippen molar-refractivity contribution in [2.24, 2.45) is 0 Å². The highest BCUT2D eigenvalue weighted by Crippen LogP contribution is 2.31. The van der Waals surface area contributed by atoms with Crippen LogP contribution in [0.2, 0.25) is 0 Å². The summed E-state index contributed by atoms with van der Waals surface area (Å²) in [6, 6.07) is 19.1. The maximum Gasteiger partial charge on any atom is 0.338 e. The number of hydrogen-bond donors (Lipinski definition) is 1. The Morgan fingerprint density at radius 3 is 1.47 bits per heavy atom. The molecule has 0 heterocycles. The number of benzene rings is 3. The number of amides is 1. The number of hydrogen-bond acceptors (Lipinski definition) is 9. The van der Waals surface area contributed by atoms with Crippen molar-refractivity contribution in [1.82, 2.24) is 4.90 Å². The molecule has 10 heteroatoms.